The average molecular weight is 338 g/mol. The number of carbonyl (C=O) groups excluding carboxylic acids is 2. The van der Waals surface area contributed by atoms with Gasteiger partial charge in [0.1, 0.15) is 0 Å². The van der Waals surface area contributed by atoms with E-state index >= 15 is 0 Å². The summed E-state index contributed by atoms with van der Waals surface area (Å²) < 4.78 is 10.5. The number of carbonyl (C=O) groups is 2. The van der Waals surface area contributed by atoms with Gasteiger partial charge in [0, 0.05) is 0 Å². The molecule has 24 heavy (non-hydrogen) atoms. The van der Waals surface area contributed by atoms with Crippen LogP contribution >= 0.6 is 0 Å². The summed E-state index contributed by atoms with van der Waals surface area (Å²) in [6.45, 7) is 4.13. The highest BCUT2D eigenvalue weighted by Crippen LogP contribution is 2.35. The van der Waals surface area contributed by atoms with E-state index in [0.29, 0.717) is 19.3 Å². The van der Waals surface area contributed by atoms with Gasteiger partial charge >= 0.3 is 11.9 Å². The van der Waals surface area contributed by atoms with Crippen LogP contribution in [0.3, 0.4) is 0 Å². The Balaban J connectivity index is 2.92. The van der Waals surface area contributed by atoms with Crippen molar-refractivity contribution in [2.75, 3.05) is 13.2 Å². The summed E-state index contributed by atoms with van der Waals surface area (Å²) >= 11 is 0. The van der Waals surface area contributed by atoms with Crippen molar-refractivity contribution in [1.82, 2.24) is 0 Å². The standard InChI is InChI=1S/C20H34O4/c1-3-23-18(21)20(19(22)24-4-2)16-14-12-10-8-6-5-7-9-11-13-15-17-20/h10,12H,3-9,11,13-17H2,1-2H3/b12-10+. The van der Waals surface area contributed by atoms with E-state index in [-0.39, 0.29) is 13.2 Å². The van der Waals surface area contributed by atoms with Crippen LogP contribution in [-0.2, 0) is 19.1 Å². The van der Waals surface area contributed by atoms with Crippen molar-refractivity contribution in [2.45, 2.75) is 84.5 Å². The second kappa shape index (κ2) is 12.1. The van der Waals surface area contributed by atoms with Crippen molar-refractivity contribution in [3.63, 3.8) is 0 Å². The third-order valence-corrected chi connectivity index (χ3v) is 4.71. The van der Waals surface area contributed by atoms with Crippen LogP contribution in [-0.4, -0.2) is 25.2 Å². The van der Waals surface area contributed by atoms with Crippen molar-refractivity contribution >= 4 is 11.9 Å². The topological polar surface area (TPSA) is 52.6 Å². The Bertz CT molecular complexity index is 382. The fourth-order valence-corrected chi connectivity index (χ4v) is 3.29. The molecular weight excluding hydrogens is 304 g/mol. The molecule has 0 saturated heterocycles. The highest BCUT2D eigenvalue weighted by molar-refractivity contribution is 6.00. The first-order chi connectivity index (χ1) is 11.7. The summed E-state index contributed by atoms with van der Waals surface area (Å²) in [4.78, 5) is 25.3. The van der Waals surface area contributed by atoms with Crippen LogP contribution < -0.4 is 0 Å². The van der Waals surface area contributed by atoms with E-state index in [2.05, 4.69) is 12.2 Å². The quantitative estimate of drug-likeness (QED) is 0.413. The maximum absolute atomic E-state index is 12.6. The maximum Gasteiger partial charge on any atom is 0.323 e. The first kappa shape index (κ1) is 20.7. The minimum absolute atomic E-state index is 0.288. The molecule has 0 heterocycles. The fourth-order valence-electron chi connectivity index (χ4n) is 3.29. The minimum Gasteiger partial charge on any atom is -0.465 e. The van der Waals surface area contributed by atoms with E-state index in [0.717, 1.165) is 25.7 Å². The summed E-state index contributed by atoms with van der Waals surface area (Å²) in [5.74, 6) is -0.826. The van der Waals surface area contributed by atoms with Gasteiger partial charge in [0.25, 0.3) is 0 Å². The van der Waals surface area contributed by atoms with Crippen LogP contribution in [0.2, 0.25) is 0 Å². The second-order valence-corrected chi connectivity index (χ2v) is 6.55. The van der Waals surface area contributed by atoms with Crippen LogP contribution in [0.1, 0.15) is 84.5 Å². The zero-order valence-electron chi connectivity index (χ0n) is 15.5. The lowest BCUT2D eigenvalue weighted by Gasteiger charge is -2.29. The van der Waals surface area contributed by atoms with Gasteiger partial charge in [-0.1, -0.05) is 50.7 Å². The van der Waals surface area contributed by atoms with Crippen LogP contribution in [0, 0.1) is 5.41 Å². The van der Waals surface area contributed by atoms with Crippen molar-refractivity contribution < 1.29 is 19.1 Å². The number of esters is 2. The predicted octanol–water partition coefficient (Wildman–Crippen LogP) is 4.96. The molecule has 0 fully saturated rings. The molecule has 0 bridgehead atoms. The molecule has 0 radical (unpaired) electrons. The third kappa shape index (κ3) is 6.66. The summed E-state index contributed by atoms with van der Waals surface area (Å²) in [7, 11) is 0. The average Bonchev–Trinajstić information content (AvgIpc) is 2.57. The molecule has 1 aliphatic carbocycles. The normalized spacial score (nSPS) is 21.2. The lowest BCUT2D eigenvalue weighted by atomic mass is 9.78. The summed E-state index contributed by atoms with van der Waals surface area (Å²) in [5, 5.41) is 0. The van der Waals surface area contributed by atoms with E-state index in [4.69, 9.17) is 9.47 Å². The molecule has 0 saturated carbocycles. The first-order valence-electron chi connectivity index (χ1n) is 9.66. The molecule has 0 aromatic rings. The Hall–Kier alpha value is -1.32. The lowest BCUT2D eigenvalue weighted by molar-refractivity contribution is -0.173. The molecule has 0 spiro atoms. The number of allylic oxidation sites excluding steroid dienone is 2. The molecule has 0 aromatic heterocycles. The molecule has 0 N–H and O–H groups in total. The maximum atomic E-state index is 12.6. The van der Waals surface area contributed by atoms with Gasteiger partial charge in [-0.15, -0.1) is 0 Å². The molecule has 0 aromatic carbocycles. The van der Waals surface area contributed by atoms with Crippen molar-refractivity contribution in [3.8, 4) is 0 Å². The number of hydrogen-bond acceptors (Lipinski definition) is 4. The van der Waals surface area contributed by atoms with Gasteiger partial charge in [0.2, 0.25) is 0 Å². The van der Waals surface area contributed by atoms with Crippen molar-refractivity contribution in [1.29, 1.82) is 0 Å². The lowest BCUT2D eigenvalue weighted by Crippen LogP contribution is -2.42. The number of hydrogen-bond donors (Lipinski definition) is 0. The van der Waals surface area contributed by atoms with Crippen LogP contribution in [0.25, 0.3) is 0 Å². The van der Waals surface area contributed by atoms with E-state index in [9.17, 15) is 9.59 Å². The second-order valence-electron chi connectivity index (χ2n) is 6.55. The fraction of sp³-hybridized carbons (Fsp3) is 0.800. The van der Waals surface area contributed by atoms with E-state index in [1.165, 1.54) is 25.7 Å². The van der Waals surface area contributed by atoms with Gasteiger partial charge in [0.05, 0.1) is 13.2 Å². The Labute approximate surface area is 147 Å². The molecule has 4 heteroatoms. The zero-order valence-corrected chi connectivity index (χ0v) is 15.5. The smallest absolute Gasteiger partial charge is 0.323 e. The molecule has 1 aliphatic rings. The van der Waals surface area contributed by atoms with Crippen LogP contribution in [0.5, 0.6) is 0 Å². The minimum atomic E-state index is -1.14. The first-order valence-corrected chi connectivity index (χ1v) is 9.66. The molecule has 0 unspecified atom stereocenters. The highest BCUT2D eigenvalue weighted by atomic mass is 16.6. The number of ether oxygens (including phenoxy) is 2. The van der Waals surface area contributed by atoms with E-state index in [1.54, 1.807) is 13.8 Å². The van der Waals surface area contributed by atoms with Gasteiger partial charge in [-0.2, -0.15) is 0 Å². The summed E-state index contributed by atoms with van der Waals surface area (Å²) in [6, 6.07) is 0. The molecule has 4 nitrogen and oxygen atoms in total. The SMILES string of the molecule is CCOC(=O)C1(C(=O)OCC)CC/C=C/CCCCCCCCC1. The molecule has 0 amide bonds. The molecule has 0 aliphatic heterocycles. The van der Waals surface area contributed by atoms with Gasteiger partial charge in [-0.25, -0.2) is 0 Å². The third-order valence-electron chi connectivity index (χ3n) is 4.71. The Morgan fingerprint density at radius 2 is 1.25 bits per heavy atom. The Morgan fingerprint density at radius 1 is 0.750 bits per heavy atom. The Kier molecular flexibility index (Phi) is 10.4. The predicted molar refractivity (Wildman–Crippen MR) is 95.6 cm³/mol. The molecule has 0 atom stereocenters. The van der Waals surface area contributed by atoms with Gasteiger partial charge in [0.15, 0.2) is 5.41 Å². The van der Waals surface area contributed by atoms with Crippen molar-refractivity contribution in [3.05, 3.63) is 12.2 Å². The van der Waals surface area contributed by atoms with Gasteiger partial charge < -0.3 is 9.47 Å². The molecule has 138 valence electrons. The van der Waals surface area contributed by atoms with Crippen LogP contribution in [0.15, 0.2) is 12.2 Å². The monoisotopic (exact) mass is 338 g/mol. The molecule has 1 rings (SSSR count). The summed E-state index contributed by atoms with van der Waals surface area (Å²) in [5.41, 5.74) is -1.14. The largest absolute Gasteiger partial charge is 0.465 e. The van der Waals surface area contributed by atoms with Gasteiger partial charge in [-0.05, 0) is 46.0 Å². The highest BCUT2D eigenvalue weighted by Gasteiger charge is 2.47. The zero-order chi connectivity index (χ0) is 17.7. The number of rotatable bonds is 4. The van der Waals surface area contributed by atoms with Crippen molar-refractivity contribution in [2.24, 2.45) is 5.41 Å². The van der Waals surface area contributed by atoms with Crippen LogP contribution in [0.4, 0.5) is 0 Å². The van der Waals surface area contributed by atoms with Gasteiger partial charge in [-0.3, -0.25) is 9.59 Å². The Morgan fingerprint density at radius 3 is 1.83 bits per heavy atom. The van der Waals surface area contributed by atoms with E-state index in [1.807, 2.05) is 0 Å². The van der Waals surface area contributed by atoms with E-state index < -0.39 is 17.4 Å². The summed E-state index contributed by atoms with van der Waals surface area (Å²) in [6.07, 6.45) is 15.1. The molecular formula is C20H34O4.